The summed E-state index contributed by atoms with van der Waals surface area (Å²) in [6.07, 6.45) is 3.45. The topological polar surface area (TPSA) is 74.6 Å². The predicted molar refractivity (Wildman–Crippen MR) is 129 cm³/mol. The molecule has 1 amide bonds. The molecule has 0 atom stereocenters. The number of H-pyrrole nitrogens is 1. The molecule has 5 rings (SSSR count). The molecule has 0 bridgehead atoms. The Morgan fingerprint density at radius 3 is 2.45 bits per heavy atom. The van der Waals surface area contributed by atoms with Crippen molar-refractivity contribution in [3.8, 4) is 22.8 Å². The monoisotopic (exact) mass is 444 g/mol. The van der Waals surface area contributed by atoms with Gasteiger partial charge in [-0.2, -0.15) is 0 Å². The van der Waals surface area contributed by atoms with Gasteiger partial charge in [0.05, 0.1) is 6.20 Å². The molecule has 0 aliphatic carbocycles. The number of piperazine rings is 1. The van der Waals surface area contributed by atoms with Crippen LogP contribution in [0.25, 0.3) is 33.7 Å². The number of oxazole rings is 1. The van der Waals surface area contributed by atoms with Crippen LogP contribution >= 0.6 is 0 Å². The Balaban J connectivity index is 1.24. The molecule has 0 saturated carbocycles. The molecular formula is C26H28N4O3. The summed E-state index contributed by atoms with van der Waals surface area (Å²) >= 11 is 0. The molecule has 0 radical (unpaired) electrons. The summed E-state index contributed by atoms with van der Waals surface area (Å²) in [5.41, 5.74) is 3.63. The largest absolute Gasteiger partial charge is 0.444 e. The number of benzene rings is 2. The number of carbonyl (C=O) groups excluding carboxylic acids is 1. The average molecular weight is 445 g/mol. The number of rotatable bonds is 3. The van der Waals surface area contributed by atoms with Gasteiger partial charge in [0.2, 0.25) is 5.89 Å². The summed E-state index contributed by atoms with van der Waals surface area (Å²) in [5.74, 6) is 1.33. The highest BCUT2D eigenvalue weighted by Gasteiger charge is 2.26. The maximum atomic E-state index is 12.3. The van der Waals surface area contributed by atoms with Gasteiger partial charge in [-0.05, 0) is 68.6 Å². The number of nitrogens with one attached hydrogen (secondary N) is 1. The molecule has 7 heteroatoms. The summed E-state index contributed by atoms with van der Waals surface area (Å²) in [6, 6.07) is 16.4. The number of nitrogens with zero attached hydrogens (tertiary/aromatic N) is 3. The standard InChI is InChI=1S/C26H28N4O3/c1-26(2,3)33-25(31)30-14-12-29(13-15-30)21-8-6-19(7-9-21)23-17-28-24(32-23)20-5-4-18-10-11-27-22(18)16-20/h4-11,16-17,27H,12-15H2,1-3H3. The number of hydrogen-bond donors (Lipinski definition) is 1. The van der Waals surface area contributed by atoms with Crippen LogP contribution in [-0.4, -0.2) is 52.7 Å². The van der Waals surface area contributed by atoms with Crippen molar-refractivity contribution >= 4 is 22.7 Å². The van der Waals surface area contributed by atoms with Crippen LogP contribution in [0.5, 0.6) is 0 Å². The van der Waals surface area contributed by atoms with Crippen LogP contribution in [0.15, 0.2) is 65.3 Å². The number of aromatic nitrogens is 2. The van der Waals surface area contributed by atoms with Gasteiger partial charge in [0, 0.05) is 54.7 Å². The van der Waals surface area contributed by atoms with Gasteiger partial charge in [-0.1, -0.05) is 6.07 Å². The fourth-order valence-electron chi connectivity index (χ4n) is 4.03. The van der Waals surface area contributed by atoms with Crippen molar-refractivity contribution in [2.24, 2.45) is 0 Å². The highest BCUT2D eigenvalue weighted by Crippen LogP contribution is 2.29. The highest BCUT2D eigenvalue weighted by molar-refractivity contribution is 5.83. The van der Waals surface area contributed by atoms with Crippen molar-refractivity contribution in [2.75, 3.05) is 31.1 Å². The maximum absolute atomic E-state index is 12.3. The van der Waals surface area contributed by atoms with Crippen molar-refractivity contribution < 1.29 is 13.9 Å². The molecule has 1 aliphatic rings. The molecule has 7 nitrogen and oxygen atoms in total. The molecule has 170 valence electrons. The lowest BCUT2D eigenvalue weighted by Crippen LogP contribution is -2.50. The van der Waals surface area contributed by atoms with Crippen LogP contribution in [0.4, 0.5) is 10.5 Å². The minimum Gasteiger partial charge on any atom is -0.444 e. The molecule has 0 spiro atoms. The van der Waals surface area contributed by atoms with E-state index in [0.29, 0.717) is 19.0 Å². The van der Waals surface area contributed by atoms with Crippen LogP contribution in [0.2, 0.25) is 0 Å². The molecule has 1 aliphatic heterocycles. The van der Waals surface area contributed by atoms with Crippen molar-refractivity contribution in [3.05, 3.63) is 60.9 Å². The number of carbonyl (C=O) groups is 1. The number of ether oxygens (including phenoxy) is 1. The second kappa shape index (κ2) is 8.31. The van der Waals surface area contributed by atoms with Crippen molar-refractivity contribution in [3.63, 3.8) is 0 Å². The van der Waals surface area contributed by atoms with Gasteiger partial charge in [-0.25, -0.2) is 9.78 Å². The van der Waals surface area contributed by atoms with Crippen LogP contribution in [0.3, 0.4) is 0 Å². The Hall–Kier alpha value is -3.74. The Labute approximate surface area is 193 Å². The number of aromatic amines is 1. The third kappa shape index (κ3) is 4.58. The zero-order valence-electron chi connectivity index (χ0n) is 19.2. The number of fused-ring (bicyclic) bond motifs is 1. The van der Waals surface area contributed by atoms with E-state index in [1.165, 1.54) is 0 Å². The summed E-state index contributed by atoms with van der Waals surface area (Å²) in [7, 11) is 0. The Morgan fingerprint density at radius 2 is 1.73 bits per heavy atom. The lowest BCUT2D eigenvalue weighted by Gasteiger charge is -2.36. The van der Waals surface area contributed by atoms with Crippen LogP contribution < -0.4 is 4.90 Å². The van der Waals surface area contributed by atoms with Crippen LogP contribution in [0.1, 0.15) is 20.8 Å². The van der Waals surface area contributed by atoms with Gasteiger partial charge >= 0.3 is 6.09 Å². The average Bonchev–Trinajstić information content (AvgIpc) is 3.47. The van der Waals surface area contributed by atoms with E-state index in [9.17, 15) is 4.79 Å². The van der Waals surface area contributed by atoms with Crippen molar-refractivity contribution in [2.45, 2.75) is 26.4 Å². The zero-order valence-corrected chi connectivity index (χ0v) is 19.2. The second-order valence-electron chi connectivity index (χ2n) is 9.31. The fraction of sp³-hybridized carbons (Fsp3) is 0.308. The Bertz CT molecular complexity index is 1260. The molecule has 2 aromatic carbocycles. The van der Waals surface area contributed by atoms with E-state index < -0.39 is 5.60 Å². The number of anilines is 1. The quantitative estimate of drug-likeness (QED) is 0.449. The third-order valence-corrected chi connectivity index (χ3v) is 5.76. The Morgan fingerprint density at radius 1 is 1.00 bits per heavy atom. The van der Waals surface area contributed by atoms with Crippen LogP contribution in [0, 0.1) is 0 Å². The minimum absolute atomic E-state index is 0.242. The van der Waals surface area contributed by atoms with Gasteiger partial charge in [-0.15, -0.1) is 0 Å². The van der Waals surface area contributed by atoms with E-state index in [1.54, 1.807) is 11.1 Å². The van der Waals surface area contributed by atoms with E-state index in [-0.39, 0.29) is 6.09 Å². The van der Waals surface area contributed by atoms with Crippen molar-refractivity contribution in [1.82, 2.24) is 14.9 Å². The fourth-order valence-corrected chi connectivity index (χ4v) is 4.03. The normalized spacial score (nSPS) is 14.6. The van der Waals surface area contributed by atoms with E-state index in [0.717, 1.165) is 46.6 Å². The molecule has 1 fully saturated rings. The first-order valence-electron chi connectivity index (χ1n) is 11.2. The van der Waals surface area contributed by atoms with Gasteiger partial charge in [0.25, 0.3) is 0 Å². The Kier molecular flexibility index (Phi) is 5.32. The minimum atomic E-state index is -0.473. The molecule has 3 heterocycles. The number of hydrogen-bond acceptors (Lipinski definition) is 5. The molecular weight excluding hydrogens is 416 g/mol. The molecule has 1 N–H and O–H groups in total. The highest BCUT2D eigenvalue weighted by atomic mass is 16.6. The van der Waals surface area contributed by atoms with E-state index in [1.807, 2.05) is 57.3 Å². The van der Waals surface area contributed by atoms with Crippen molar-refractivity contribution in [1.29, 1.82) is 0 Å². The third-order valence-electron chi connectivity index (χ3n) is 5.76. The van der Waals surface area contributed by atoms with Crippen LogP contribution in [-0.2, 0) is 4.74 Å². The van der Waals surface area contributed by atoms with Gasteiger partial charge < -0.3 is 23.9 Å². The summed E-state index contributed by atoms with van der Waals surface area (Å²) < 4.78 is 11.5. The molecule has 4 aromatic rings. The number of amides is 1. The van der Waals surface area contributed by atoms with Gasteiger partial charge in [-0.3, -0.25) is 0 Å². The second-order valence-corrected chi connectivity index (χ2v) is 9.31. The lowest BCUT2D eigenvalue weighted by atomic mass is 10.1. The maximum Gasteiger partial charge on any atom is 0.410 e. The SMILES string of the molecule is CC(C)(C)OC(=O)N1CCN(c2ccc(-c3cnc(-c4ccc5cc[nH]c5c4)o3)cc2)CC1. The smallest absolute Gasteiger partial charge is 0.410 e. The van der Waals surface area contributed by atoms with E-state index in [2.05, 4.69) is 33.1 Å². The molecule has 0 unspecified atom stereocenters. The van der Waals surface area contributed by atoms with E-state index in [4.69, 9.17) is 9.15 Å². The molecule has 2 aromatic heterocycles. The van der Waals surface area contributed by atoms with Gasteiger partial charge in [0.15, 0.2) is 5.76 Å². The summed E-state index contributed by atoms with van der Waals surface area (Å²) in [5, 5.41) is 1.16. The first kappa shape index (κ1) is 21.1. The predicted octanol–water partition coefficient (Wildman–Crippen LogP) is 5.55. The lowest BCUT2D eigenvalue weighted by molar-refractivity contribution is 0.0240. The first-order chi connectivity index (χ1) is 15.9. The molecule has 33 heavy (non-hydrogen) atoms. The summed E-state index contributed by atoms with van der Waals surface area (Å²) in [4.78, 5) is 24.0. The van der Waals surface area contributed by atoms with Gasteiger partial charge in [0.1, 0.15) is 5.60 Å². The first-order valence-corrected chi connectivity index (χ1v) is 11.2. The van der Waals surface area contributed by atoms with E-state index >= 15 is 0 Å². The summed E-state index contributed by atoms with van der Waals surface area (Å²) in [6.45, 7) is 8.50. The molecule has 1 saturated heterocycles. The zero-order chi connectivity index (χ0) is 23.0.